The van der Waals surface area contributed by atoms with Gasteiger partial charge in [0.15, 0.2) is 0 Å². The first-order valence-electron chi connectivity index (χ1n) is 25.4. The van der Waals surface area contributed by atoms with Gasteiger partial charge >= 0.3 is 5.97 Å². The number of carboxylic acid groups (broad SMARTS) is 1. The highest BCUT2D eigenvalue weighted by Gasteiger charge is 2.31. The number of carboxylic acids is 1. The molecular weight excluding hydrogens is 887 g/mol. The van der Waals surface area contributed by atoms with Gasteiger partial charge in [0.2, 0.25) is 35.4 Å². The smallest absolute Gasteiger partial charge is 0.326 e. The van der Waals surface area contributed by atoms with Crippen LogP contribution < -0.4 is 38.1 Å². The number of unbranched alkanes of at least 4 members (excludes halogenated alkanes) is 11. The fourth-order valence-electron chi connectivity index (χ4n) is 8.32. The second kappa shape index (κ2) is 32.5. The molecule has 5 atom stereocenters. The highest BCUT2D eigenvalue weighted by atomic mass is 16.4. The SMILES string of the molecule is CC(C)C[C@H](NC(=O)CCCCCCCCCCCCCCC(=O)N[C@@H](Cc1ccc(N)cc1)C(=O)N[C@@H](Cc1ccccc1)C(=O)O)C(=O)N[C@@H](CC(C)C)C(=O)N[C@@H](Cc1ccccc1)C(N)=O. The number of nitrogens with two attached hydrogens (primary N) is 2. The fraction of sp³-hybridized carbons (Fsp3) is 0.545. The third kappa shape index (κ3) is 24.3. The van der Waals surface area contributed by atoms with Gasteiger partial charge in [-0.25, -0.2) is 4.79 Å². The van der Waals surface area contributed by atoms with Crippen LogP contribution in [0.15, 0.2) is 84.9 Å². The molecule has 6 amide bonds. The first kappa shape index (κ1) is 58.1. The number of hydrogen-bond donors (Lipinski definition) is 8. The van der Waals surface area contributed by atoms with Crippen LogP contribution >= 0.6 is 0 Å². The van der Waals surface area contributed by atoms with E-state index in [4.69, 9.17) is 11.5 Å². The van der Waals surface area contributed by atoms with E-state index < -0.39 is 59.8 Å². The Balaban J connectivity index is 1.30. The Morgan fingerprint density at radius 2 is 0.757 bits per heavy atom. The number of nitrogens with one attached hydrogen (secondary N) is 5. The van der Waals surface area contributed by atoms with Crippen LogP contribution in [-0.2, 0) is 52.8 Å². The molecule has 0 spiro atoms. The van der Waals surface area contributed by atoms with Crippen LogP contribution in [0.3, 0.4) is 0 Å². The molecule has 70 heavy (non-hydrogen) atoms. The average Bonchev–Trinajstić information content (AvgIpc) is 3.31. The Morgan fingerprint density at radius 3 is 1.17 bits per heavy atom. The third-order valence-electron chi connectivity index (χ3n) is 12.2. The van der Waals surface area contributed by atoms with Crippen LogP contribution in [-0.4, -0.2) is 76.7 Å². The second-order valence-electron chi connectivity index (χ2n) is 19.5. The van der Waals surface area contributed by atoms with E-state index in [0.29, 0.717) is 37.8 Å². The summed E-state index contributed by atoms with van der Waals surface area (Å²) >= 11 is 0. The van der Waals surface area contributed by atoms with Crippen molar-refractivity contribution in [3.05, 3.63) is 102 Å². The number of anilines is 1. The topological polar surface area (TPSA) is 252 Å². The average molecular weight is 968 g/mol. The molecule has 10 N–H and O–H groups in total. The Labute approximate surface area is 415 Å². The lowest BCUT2D eigenvalue weighted by atomic mass is 9.99. The fourth-order valence-corrected chi connectivity index (χ4v) is 8.32. The summed E-state index contributed by atoms with van der Waals surface area (Å²) in [4.78, 5) is 90.8. The van der Waals surface area contributed by atoms with E-state index >= 15 is 0 Å². The number of amides is 6. The minimum absolute atomic E-state index is 0.0633. The summed E-state index contributed by atoms with van der Waals surface area (Å²) in [7, 11) is 0. The molecule has 0 aliphatic carbocycles. The van der Waals surface area contributed by atoms with Crippen molar-refractivity contribution < 1.29 is 38.7 Å². The number of rotatable bonds is 35. The van der Waals surface area contributed by atoms with Gasteiger partial charge < -0.3 is 43.2 Å². The van der Waals surface area contributed by atoms with E-state index in [1.165, 1.54) is 0 Å². The minimum atomic E-state index is -1.15. The van der Waals surface area contributed by atoms with E-state index in [-0.39, 0.29) is 49.3 Å². The summed E-state index contributed by atoms with van der Waals surface area (Å²) in [5.74, 6) is -3.58. The van der Waals surface area contributed by atoms with Gasteiger partial charge in [0.25, 0.3) is 0 Å². The summed E-state index contributed by atoms with van der Waals surface area (Å²) in [6, 6.07) is 20.6. The van der Waals surface area contributed by atoms with Crippen molar-refractivity contribution in [1.82, 2.24) is 26.6 Å². The first-order chi connectivity index (χ1) is 33.5. The lowest BCUT2D eigenvalue weighted by molar-refractivity contribution is -0.142. The quantitative estimate of drug-likeness (QED) is 0.0227. The van der Waals surface area contributed by atoms with E-state index in [2.05, 4.69) is 26.6 Å². The van der Waals surface area contributed by atoms with Gasteiger partial charge in [-0.2, -0.15) is 0 Å². The second-order valence-corrected chi connectivity index (χ2v) is 19.5. The van der Waals surface area contributed by atoms with Gasteiger partial charge in [0.05, 0.1) is 0 Å². The lowest BCUT2D eigenvalue weighted by Gasteiger charge is -2.26. The Bertz CT molecular complexity index is 2050. The number of hydrogen-bond acceptors (Lipinski definition) is 8. The zero-order chi connectivity index (χ0) is 51.3. The van der Waals surface area contributed by atoms with Crippen molar-refractivity contribution in [2.45, 2.75) is 180 Å². The summed E-state index contributed by atoms with van der Waals surface area (Å²) < 4.78 is 0. The van der Waals surface area contributed by atoms with E-state index in [1.54, 1.807) is 36.4 Å². The van der Waals surface area contributed by atoms with Crippen LogP contribution in [0.2, 0.25) is 0 Å². The summed E-state index contributed by atoms with van der Waals surface area (Å²) in [5.41, 5.74) is 14.5. The van der Waals surface area contributed by atoms with E-state index in [9.17, 15) is 38.7 Å². The normalized spacial score (nSPS) is 13.3. The molecule has 0 aliphatic heterocycles. The highest BCUT2D eigenvalue weighted by Crippen LogP contribution is 2.16. The molecule has 0 aromatic heterocycles. The van der Waals surface area contributed by atoms with E-state index in [0.717, 1.165) is 80.9 Å². The molecule has 0 saturated heterocycles. The molecule has 0 aliphatic rings. The molecule has 3 aromatic carbocycles. The standard InChI is InChI=1S/C55H81N7O8/c1-38(2)33-45(52(66)61-46(34-39(3)4)53(67)60-44(51(57)65)35-40-23-17-15-18-24-40)58-49(63)27-21-13-11-9-7-5-6-8-10-12-14-22-28-50(64)59-47(36-42-29-31-43(56)32-30-42)54(68)62-48(55(69)70)37-41-25-19-16-20-26-41/h15-20,23-26,29-32,38-39,44-48H,5-14,21-22,27-28,33-37,56H2,1-4H3,(H2,57,65)(H,58,63)(H,59,64)(H,60,67)(H,61,66)(H,62,68)(H,69,70)/t44-,45-,46-,47-,48-/m0/s1. The van der Waals surface area contributed by atoms with Crippen molar-refractivity contribution >= 4 is 47.1 Å². The number of carbonyl (C=O) groups excluding carboxylic acids is 6. The van der Waals surface area contributed by atoms with Crippen LogP contribution in [0.1, 0.15) is 147 Å². The predicted octanol–water partition coefficient (Wildman–Crippen LogP) is 6.84. The molecule has 0 unspecified atom stereocenters. The van der Waals surface area contributed by atoms with Crippen molar-refractivity contribution in [1.29, 1.82) is 0 Å². The van der Waals surface area contributed by atoms with Crippen molar-refractivity contribution in [2.75, 3.05) is 5.73 Å². The van der Waals surface area contributed by atoms with Gasteiger partial charge in [0, 0.05) is 37.8 Å². The van der Waals surface area contributed by atoms with Gasteiger partial charge in [-0.15, -0.1) is 0 Å². The summed E-state index contributed by atoms with van der Waals surface area (Å²) in [6.45, 7) is 7.83. The number of nitrogen functional groups attached to an aromatic ring is 1. The molecule has 15 heteroatoms. The van der Waals surface area contributed by atoms with Gasteiger partial charge in [-0.1, -0.05) is 165 Å². The Morgan fingerprint density at radius 1 is 0.429 bits per heavy atom. The molecule has 15 nitrogen and oxygen atoms in total. The monoisotopic (exact) mass is 968 g/mol. The molecular formula is C55H81N7O8. The molecule has 0 bridgehead atoms. The molecule has 0 heterocycles. The molecule has 3 rings (SSSR count). The number of carbonyl (C=O) groups is 7. The molecule has 0 saturated carbocycles. The summed E-state index contributed by atoms with van der Waals surface area (Å²) in [5, 5.41) is 23.8. The Hall–Kier alpha value is -6.25. The zero-order valence-electron chi connectivity index (χ0n) is 42.0. The maximum atomic E-state index is 13.6. The minimum Gasteiger partial charge on any atom is -0.480 e. The Kier molecular flexibility index (Phi) is 27.0. The van der Waals surface area contributed by atoms with Crippen LogP contribution in [0.25, 0.3) is 0 Å². The number of benzene rings is 3. The van der Waals surface area contributed by atoms with Gasteiger partial charge in [0.1, 0.15) is 30.2 Å². The zero-order valence-corrected chi connectivity index (χ0v) is 42.0. The van der Waals surface area contributed by atoms with Gasteiger partial charge in [-0.3, -0.25) is 28.8 Å². The molecule has 0 radical (unpaired) electrons. The number of primary amides is 1. The largest absolute Gasteiger partial charge is 0.480 e. The van der Waals surface area contributed by atoms with Crippen molar-refractivity contribution in [3.63, 3.8) is 0 Å². The lowest BCUT2D eigenvalue weighted by Crippen LogP contribution is -2.57. The first-order valence-corrected chi connectivity index (χ1v) is 25.4. The van der Waals surface area contributed by atoms with Crippen LogP contribution in [0.5, 0.6) is 0 Å². The van der Waals surface area contributed by atoms with Gasteiger partial charge in [-0.05, 0) is 66.3 Å². The third-order valence-corrected chi connectivity index (χ3v) is 12.2. The van der Waals surface area contributed by atoms with Crippen LogP contribution in [0.4, 0.5) is 5.69 Å². The number of aliphatic carboxylic acids is 1. The maximum Gasteiger partial charge on any atom is 0.326 e. The van der Waals surface area contributed by atoms with Crippen molar-refractivity contribution in [2.24, 2.45) is 17.6 Å². The molecule has 3 aromatic rings. The maximum absolute atomic E-state index is 13.6. The predicted molar refractivity (Wildman–Crippen MR) is 275 cm³/mol. The molecule has 0 fully saturated rings. The van der Waals surface area contributed by atoms with Crippen LogP contribution in [0, 0.1) is 11.8 Å². The highest BCUT2D eigenvalue weighted by molar-refractivity contribution is 5.94. The van der Waals surface area contributed by atoms with Crippen molar-refractivity contribution in [3.8, 4) is 0 Å². The summed E-state index contributed by atoms with van der Waals surface area (Å²) in [6.07, 6.45) is 13.7. The van der Waals surface area contributed by atoms with E-state index in [1.807, 2.05) is 76.2 Å². The molecule has 384 valence electrons.